The van der Waals surface area contributed by atoms with Crippen LogP contribution in [0.15, 0.2) is 12.4 Å². The van der Waals surface area contributed by atoms with Gasteiger partial charge < -0.3 is 15.0 Å². The maximum absolute atomic E-state index is 12.6. The molecule has 0 unspecified atom stereocenters. The molecule has 152 valence electrons. The molecule has 1 aromatic rings. The van der Waals surface area contributed by atoms with Crippen molar-refractivity contribution in [3.05, 3.63) is 18.0 Å². The second kappa shape index (κ2) is 8.61. The smallest absolute Gasteiger partial charge is 0.317 e. The molecule has 0 radical (unpaired) electrons. The summed E-state index contributed by atoms with van der Waals surface area (Å²) in [5, 5.41) is 7.44. The summed E-state index contributed by atoms with van der Waals surface area (Å²) >= 11 is 0. The van der Waals surface area contributed by atoms with Crippen molar-refractivity contribution in [2.24, 2.45) is 13.0 Å². The lowest BCUT2D eigenvalue weighted by Gasteiger charge is -2.42. The summed E-state index contributed by atoms with van der Waals surface area (Å²) in [6.45, 7) is 8.54. The summed E-state index contributed by atoms with van der Waals surface area (Å²) in [5.74, 6) is 0.414. The molecule has 0 saturated carbocycles. The minimum atomic E-state index is -0.210. The van der Waals surface area contributed by atoms with Gasteiger partial charge in [0.2, 0.25) is 0 Å². The van der Waals surface area contributed by atoms with Crippen LogP contribution < -0.4 is 5.32 Å². The molecular weight excluding hydrogens is 342 g/mol. The van der Waals surface area contributed by atoms with E-state index in [-0.39, 0.29) is 11.6 Å². The van der Waals surface area contributed by atoms with Crippen LogP contribution in [-0.4, -0.2) is 71.0 Å². The first-order chi connectivity index (χ1) is 12.9. The number of ether oxygens (including phenoxy) is 1. The number of hydrogen-bond acceptors (Lipinski definition) is 4. The summed E-state index contributed by atoms with van der Waals surface area (Å²) in [4.78, 5) is 17.0. The van der Waals surface area contributed by atoms with Crippen LogP contribution in [0.25, 0.3) is 0 Å². The van der Waals surface area contributed by atoms with Crippen LogP contribution in [0.5, 0.6) is 0 Å². The molecule has 1 N–H and O–H groups in total. The number of urea groups is 1. The van der Waals surface area contributed by atoms with Crippen LogP contribution in [0.2, 0.25) is 0 Å². The molecule has 7 nitrogen and oxygen atoms in total. The highest BCUT2D eigenvalue weighted by atomic mass is 16.5. The number of carbonyl (C=O) groups excluding carboxylic acids is 1. The van der Waals surface area contributed by atoms with E-state index >= 15 is 0 Å². The minimum Gasteiger partial charge on any atom is -0.373 e. The molecular formula is C20H35N5O2. The Morgan fingerprint density at radius 2 is 2.30 bits per heavy atom. The quantitative estimate of drug-likeness (QED) is 0.827. The summed E-state index contributed by atoms with van der Waals surface area (Å²) in [7, 11) is 3.86. The van der Waals surface area contributed by atoms with E-state index < -0.39 is 0 Å². The lowest BCUT2D eigenvalue weighted by Crippen LogP contribution is -2.48. The number of amides is 2. The third-order valence-corrected chi connectivity index (χ3v) is 6.10. The van der Waals surface area contributed by atoms with E-state index in [0.717, 1.165) is 45.5 Å². The van der Waals surface area contributed by atoms with Gasteiger partial charge in [0, 0.05) is 51.6 Å². The fraction of sp³-hybridized carbons (Fsp3) is 0.800. The van der Waals surface area contributed by atoms with Crippen LogP contribution >= 0.6 is 0 Å². The molecule has 3 rings (SSSR count). The Bertz CT molecular complexity index is 626. The van der Waals surface area contributed by atoms with E-state index in [1.165, 1.54) is 12.0 Å². The predicted molar refractivity (Wildman–Crippen MR) is 106 cm³/mol. The first-order valence-electron chi connectivity index (χ1n) is 10.3. The van der Waals surface area contributed by atoms with E-state index in [2.05, 4.69) is 35.4 Å². The zero-order valence-corrected chi connectivity index (χ0v) is 17.3. The lowest BCUT2D eigenvalue weighted by atomic mass is 9.85. The molecule has 1 aromatic heterocycles. The van der Waals surface area contributed by atoms with Crippen molar-refractivity contribution < 1.29 is 9.53 Å². The van der Waals surface area contributed by atoms with Crippen molar-refractivity contribution in [3.63, 3.8) is 0 Å². The maximum atomic E-state index is 12.6. The SMILES string of the molecule is CCN1CCC[C@@H](CN(C)C(=O)NC[C@]2(C)CCCO2)[C@@H]1c1cnn(C)c1. The molecule has 27 heavy (non-hydrogen) atoms. The Hall–Kier alpha value is -1.60. The molecule has 3 atom stereocenters. The molecule has 2 aliphatic rings. The molecule has 2 amide bonds. The Morgan fingerprint density at radius 1 is 1.48 bits per heavy atom. The number of aryl methyl sites for hydroxylation is 1. The highest BCUT2D eigenvalue weighted by Gasteiger charge is 2.35. The highest BCUT2D eigenvalue weighted by molar-refractivity contribution is 5.73. The van der Waals surface area contributed by atoms with Crippen molar-refractivity contribution >= 4 is 6.03 Å². The van der Waals surface area contributed by atoms with Crippen LogP contribution in [0, 0.1) is 5.92 Å². The summed E-state index contributed by atoms with van der Waals surface area (Å²) in [5.41, 5.74) is 1.04. The average Bonchev–Trinajstić information content (AvgIpc) is 3.28. The monoisotopic (exact) mass is 377 g/mol. The molecule has 2 fully saturated rings. The molecule has 0 bridgehead atoms. The van der Waals surface area contributed by atoms with Crippen molar-refractivity contribution in [2.75, 3.05) is 39.8 Å². The Kier molecular flexibility index (Phi) is 6.42. The van der Waals surface area contributed by atoms with Gasteiger partial charge in [0.05, 0.1) is 11.8 Å². The van der Waals surface area contributed by atoms with Crippen molar-refractivity contribution in [3.8, 4) is 0 Å². The van der Waals surface area contributed by atoms with Gasteiger partial charge >= 0.3 is 6.03 Å². The van der Waals surface area contributed by atoms with Gasteiger partial charge in [-0.25, -0.2) is 4.79 Å². The van der Waals surface area contributed by atoms with Gasteiger partial charge in [0.15, 0.2) is 0 Å². The van der Waals surface area contributed by atoms with E-state index in [1.54, 1.807) is 0 Å². The van der Waals surface area contributed by atoms with Crippen LogP contribution in [0.3, 0.4) is 0 Å². The molecule has 0 aliphatic carbocycles. The maximum Gasteiger partial charge on any atom is 0.317 e. The van der Waals surface area contributed by atoms with Gasteiger partial charge in [-0.2, -0.15) is 5.10 Å². The molecule has 0 aromatic carbocycles. The number of piperidine rings is 1. The third kappa shape index (κ3) is 4.82. The van der Waals surface area contributed by atoms with Crippen LogP contribution in [-0.2, 0) is 11.8 Å². The van der Waals surface area contributed by atoms with Gasteiger partial charge in [-0.05, 0) is 51.6 Å². The van der Waals surface area contributed by atoms with Crippen molar-refractivity contribution in [2.45, 2.75) is 51.2 Å². The number of carbonyl (C=O) groups is 1. The molecule has 0 spiro atoms. The number of rotatable bonds is 6. The first-order valence-corrected chi connectivity index (χ1v) is 10.3. The minimum absolute atomic E-state index is 0.00900. The number of likely N-dealkylation sites (tertiary alicyclic amines) is 1. The van der Waals surface area contributed by atoms with Crippen molar-refractivity contribution in [1.82, 2.24) is 24.9 Å². The fourth-order valence-corrected chi connectivity index (χ4v) is 4.58. The predicted octanol–water partition coefficient (Wildman–Crippen LogP) is 2.40. The second-order valence-corrected chi connectivity index (χ2v) is 8.36. The summed E-state index contributed by atoms with van der Waals surface area (Å²) in [6, 6.07) is 0.314. The largest absolute Gasteiger partial charge is 0.373 e. The lowest BCUT2D eigenvalue weighted by molar-refractivity contribution is 0.0215. The Morgan fingerprint density at radius 3 is 2.93 bits per heavy atom. The zero-order valence-electron chi connectivity index (χ0n) is 17.3. The average molecular weight is 378 g/mol. The van der Waals surface area contributed by atoms with Gasteiger partial charge in [-0.3, -0.25) is 9.58 Å². The normalized spacial score (nSPS) is 29.0. The topological polar surface area (TPSA) is 62.6 Å². The fourth-order valence-electron chi connectivity index (χ4n) is 4.58. The van der Waals surface area contributed by atoms with Crippen molar-refractivity contribution in [1.29, 1.82) is 0 Å². The Balaban J connectivity index is 1.61. The third-order valence-electron chi connectivity index (χ3n) is 6.10. The van der Waals surface area contributed by atoms with E-state index in [1.807, 2.05) is 29.9 Å². The van der Waals surface area contributed by atoms with E-state index in [9.17, 15) is 4.79 Å². The first kappa shape index (κ1) is 20.1. The molecule has 7 heteroatoms. The number of aromatic nitrogens is 2. The van der Waals surface area contributed by atoms with Gasteiger partial charge in [0.1, 0.15) is 0 Å². The van der Waals surface area contributed by atoms with Gasteiger partial charge in [-0.1, -0.05) is 6.92 Å². The number of nitrogens with zero attached hydrogens (tertiary/aromatic N) is 4. The zero-order chi connectivity index (χ0) is 19.4. The molecule has 2 saturated heterocycles. The molecule has 2 aliphatic heterocycles. The van der Waals surface area contributed by atoms with E-state index in [0.29, 0.717) is 18.5 Å². The summed E-state index contributed by atoms with van der Waals surface area (Å²) < 4.78 is 7.65. The standard InChI is InChI=1S/C20H35N5O2/c1-5-25-10-6-8-16(18(25)17-12-22-24(4)14-17)13-23(3)19(26)21-15-20(2)9-7-11-27-20/h12,14,16,18H,5-11,13,15H2,1-4H3,(H,21,26)/t16-,18+,20-/m0/s1. The number of nitrogens with one attached hydrogen (secondary N) is 1. The van der Waals surface area contributed by atoms with E-state index in [4.69, 9.17) is 4.74 Å². The highest BCUT2D eigenvalue weighted by Crippen LogP contribution is 2.36. The van der Waals surface area contributed by atoms with Crippen LogP contribution in [0.4, 0.5) is 4.79 Å². The van der Waals surface area contributed by atoms with Gasteiger partial charge in [-0.15, -0.1) is 0 Å². The molecule has 3 heterocycles. The van der Waals surface area contributed by atoms with Gasteiger partial charge in [0.25, 0.3) is 0 Å². The summed E-state index contributed by atoms with van der Waals surface area (Å²) in [6.07, 6.45) is 8.48. The van der Waals surface area contributed by atoms with Crippen LogP contribution in [0.1, 0.15) is 51.1 Å². The second-order valence-electron chi connectivity index (χ2n) is 8.36. The Labute approximate surface area is 163 Å². The number of hydrogen-bond donors (Lipinski definition) is 1.